The van der Waals surface area contributed by atoms with Crippen LogP contribution < -0.4 is 4.74 Å². The molecular formula is C26H29NO5. The first-order chi connectivity index (χ1) is 15.4. The number of carbonyl (C=O) groups excluding carboxylic acids is 2. The molecule has 0 aromatic heterocycles. The van der Waals surface area contributed by atoms with Gasteiger partial charge in [0, 0.05) is 18.7 Å². The molecule has 2 aliphatic rings. The molecule has 2 atom stereocenters. The number of ether oxygens (including phenoxy) is 2. The molecule has 6 heteroatoms. The molecule has 4 rings (SSSR count). The Hall–Kier alpha value is -3.12. The number of Topliss-reactive ketones (excluding diaryl/α,β-unsaturated/α-hetero) is 1. The molecule has 6 nitrogen and oxygen atoms in total. The maximum absolute atomic E-state index is 13.2. The average molecular weight is 436 g/mol. The topological polar surface area (TPSA) is 76.1 Å². The monoisotopic (exact) mass is 435 g/mol. The molecule has 2 saturated heterocycles. The summed E-state index contributed by atoms with van der Waals surface area (Å²) in [6, 6.07) is 13.9. The van der Waals surface area contributed by atoms with Crippen LogP contribution in [0.1, 0.15) is 49.4 Å². The van der Waals surface area contributed by atoms with Gasteiger partial charge in [0.25, 0.3) is 11.7 Å². The predicted octanol–water partition coefficient (Wildman–Crippen LogP) is 4.38. The molecule has 168 valence electrons. The summed E-state index contributed by atoms with van der Waals surface area (Å²) >= 11 is 0. The molecule has 2 unspecified atom stereocenters. The van der Waals surface area contributed by atoms with E-state index in [2.05, 4.69) is 0 Å². The number of rotatable bonds is 6. The van der Waals surface area contributed by atoms with Crippen LogP contribution in [-0.4, -0.2) is 47.1 Å². The third kappa shape index (κ3) is 4.28. The molecule has 32 heavy (non-hydrogen) atoms. The maximum Gasteiger partial charge on any atom is 0.295 e. The van der Waals surface area contributed by atoms with Gasteiger partial charge in [0.2, 0.25) is 0 Å². The lowest BCUT2D eigenvalue weighted by Crippen LogP contribution is -2.36. The molecule has 0 bridgehead atoms. The number of aliphatic hydroxyl groups excluding tert-OH is 1. The minimum atomic E-state index is -0.677. The van der Waals surface area contributed by atoms with Crippen LogP contribution in [0.4, 0.5) is 0 Å². The van der Waals surface area contributed by atoms with Crippen LogP contribution in [0.2, 0.25) is 0 Å². The fourth-order valence-corrected chi connectivity index (χ4v) is 4.44. The second-order valence-electron chi connectivity index (χ2n) is 8.64. The number of hydrogen-bond donors (Lipinski definition) is 1. The summed E-state index contributed by atoms with van der Waals surface area (Å²) in [5, 5.41) is 11.3. The normalized spacial score (nSPS) is 22.7. The van der Waals surface area contributed by atoms with Gasteiger partial charge < -0.3 is 19.5 Å². The highest BCUT2D eigenvalue weighted by Crippen LogP contribution is 2.41. The molecule has 2 fully saturated rings. The second kappa shape index (κ2) is 9.17. The number of ketones is 1. The molecule has 1 amide bonds. The quantitative estimate of drug-likeness (QED) is 0.414. The van der Waals surface area contributed by atoms with Crippen LogP contribution in [0.15, 0.2) is 54.1 Å². The summed E-state index contributed by atoms with van der Waals surface area (Å²) in [5.41, 5.74) is 2.31. The summed E-state index contributed by atoms with van der Waals surface area (Å²) in [7, 11) is 0. The first kappa shape index (κ1) is 22.1. The van der Waals surface area contributed by atoms with Crippen LogP contribution in [0.3, 0.4) is 0 Å². The van der Waals surface area contributed by atoms with E-state index in [0.717, 1.165) is 24.0 Å². The van der Waals surface area contributed by atoms with Gasteiger partial charge in [-0.1, -0.05) is 36.4 Å². The van der Waals surface area contributed by atoms with Gasteiger partial charge in [-0.05, 0) is 56.9 Å². The van der Waals surface area contributed by atoms with Crippen molar-refractivity contribution in [1.82, 2.24) is 4.90 Å². The van der Waals surface area contributed by atoms with Gasteiger partial charge in [-0.25, -0.2) is 0 Å². The van der Waals surface area contributed by atoms with Crippen LogP contribution in [-0.2, 0) is 14.3 Å². The van der Waals surface area contributed by atoms with Gasteiger partial charge in [-0.3, -0.25) is 9.59 Å². The molecular weight excluding hydrogens is 406 g/mol. The standard InChI is InChI=1S/C26H29NO5/c1-16(2)32-19-10-6-9-18(14-19)24(28)22-23(21-12-5-4-8-17(21)3)27(26(30)25(22)29)15-20-11-7-13-31-20/h4-6,8-10,12,14,16,20,23,28H,7,11,13,15H2,1-3H3/b24-22+. The predicted molar refractivity (Wildman–Crippen MR) is 121 cm³/mol. The second-order valence-corrected chi connectivity index (χ2v) is 8.64. The number of amides is 1. The van der Waals surface area contributed by atoms with Crippen molar-refractivity contribution in [2.45, 2.75) is 51.9 Å². The van der Waals surface area contributed by atoms with Gasteiger partial charge in [0.05, 0.1) is 23.8 Å². The van der Waals surface area contributed by atoms with Gasteiger partial charge in [-0.2, -0.15) is 0 Å². The van der Waals surface area contributed by atoms with Crippen molar-refractivity contribution >= 4 is 17.4 Å². The Morgan fingerprint density at radius 1 is 1.19 bits per heavy atom. The molecule has 2 aromatic rings. The first-order valence-electron chi connectivity index (χ1n) is 11.1. The zero-order valence-corrected chi connectivity index (χ0v) is 18.7. The third-order valence-electron chi connectivity index (χ3n) is 5.93. The van der Waals surface area contributed by atoms with E-state index in [1.54, 1.807) is 29.2 Å². The Balaban J connectivity index is 1.82. The van der Waals surface area contributed by atoms with Crippen molar-refractivity contribution in [2.24, 2.45) is 0 Å². The molecule has 0 aliphatic carbocycles. The van der Waals surface area contributed by atoms with Crippen LogP contribution in [0.25, 0.3) is 5.76 Å². The Morgan fingerprint density at radius 3 is 2.66 bits per heavy atom. The number of nitrogens with zero attached hydrogens (tertiary/aromatic N) is 1. The van der Waals surface area contributed by atoms with Gasteiger partial charge in [0.15, 0.2) is 0 Å². The molecule has 2 aromatic carbocycles. The largest absolute Gasteiger partial charge is 0.507 e. The molecule has 2 aliphatic heterocycles. The third-order valence-corrected chi connectivity index (χ3v) is 5.93. The van der Waals surface area contributed by atoms with Crippen molar-refractivity contribution in [3.05, 3.63) is 70.8 Å². The van der Waals surface area contributed by atoms with Crippen molar-refractivity contribution in [3.8, 4) is 5.75 Å². The van der Waals surface area contributed by atoms with Crippen molar-refractivity contribution < 1.29 is 24.2 Å². The lowest BCUT2D eigenvalue weighted by atomic mass is 9.92. The molecule has 0 radical (unpaired) electrons. The Kier molecular flexibility index (Phi) is 6.33. The Labute approximate surface area is 188 Å². The fraction of sp³-hybridized carbons (Fsp3) is 0.385. The van der Waals surface area contributed by atoms with Crippen LogP contribution in [0.5, 0.6) is 5.75 Å². The average Bonchev–Trinajstić information content (AvgIpc) is 3.36. The van der Waals surface area contributed by atoms with Crippen LogP contribution in [0, 0.1) is 6.92 Å². The van der Waals surface area contributed by atoms with Crippen LogP contribution >= 0.6 is 0 Å². The molecule has 0 spiro atoms. The number of aryl methyl sites for hydroxylation is 1. The SMILES string of the molecule is Cc1ccccc1C1/C(=C(\O)c2cccc(OC(C)C)c2)C(=O)C(=O)N1CC1CCCO1. The first-order valence-corrected chi connectivity index (χ1v) is 11.1. The van der Waals surface area contributed by atoms with Crippen molar-refractivity contribution in [3.63, 3.8) is 0 Å². The smallest absolute Gasteiger partial charge is 0.295 e. The van der Waals surface area contributed by atoms with Crippen molar-refractivity contribution in [2.75, 3.05) is 13.2 Å². The van der Waals surface area contributed by atoms with E-state index in [4.69, 9.17) is 9.47 Å². The highest BCUT2D eigenvalue weighted by Gasteiger charge is 2.47. The summed E-state index contributed by atoms with van der Waals surface area (Å²) in [5.74, 6) is -0.889. The Morgan fingerprint density at radius 2 is 1.97 bits per heavy atom. The zero-order valence-electron chi connectivity index (χ0n) is 18.7. The lowest BCUT2D eigenvalue weighted by Gasteiger charge is -2.28. The number of hydrogen-bond acceptors (Lipinski definition) is 5. The van der Waals surface area contributed by atoms with Gasteiger partial charge in [-0.15, -0.1) is 0 Å². The van der Waals surface area contributed by atoms with E-state index in [1.165, 1.54) is 0 Å². The minimum absolute atomic E-state index is 0.0312. The lowest BCUT2D eigenvalue weighted by molar-refractivity contribution is -0.140. The summed E-state index contributed by atoms with van der Waals surface area (Å²) in [6.07, 6.45) is 1.64. The zero-order chi connectivity index (χ0) is 22.8. The number of carbonyl (C=O) groups is 2. The van der Waals surface area contributed by atoms with E-state index in [0.29, 0.717) is 24.5 Å². The van der Waals surface area contributed by atoms with Gasteiger partial charge in [0.1, 0.15) is 11.5 Å². The number of likely N-dealkylation sites (tertiary alicyclic amines) is 1. The minimum Gasteiger partial charge on any atom is -0.507 e. The van der Waals surface area contributed by atoms with E-state index < -0.39 is 17.7 Å². The number of benzene rings is 2. The van der Waals surface area contributed by atoms with E-state index in [-0.39, 0.29) is 23.5 Å². The highest BCUT2D eigenvalue weighted by molar-refractivity contribution is 6.46. The van der Waals surface area contributed by atoms with Gasteiger partial charge >= 0.3 is 0 Å². The van der Waals surface area contributed by atoms with Crippen molar-refractivity contribution in [1.29, 1.82) is 0 Å². The number of aliphatic hydroxyl groups is 1. The summed E-state index contributed by atoms with van der Waals surface area (Å²) < 4.78 is 11.5. The van der Waals surface area contributed by atoms with E-state index in [1.807, 2.05) is 45.0 Å². The molecule has 2 heterocycles. The molecule has 1 N–H and O–H groups in total. The maximum atomic E-state index is 13.2. The Bertz CT molecular complexity index is 1050. The fourth-order valence-electron chi connectivity index (χ4n) is 4.44. The van der Waals surface area contributed by atoms with E-state index in [9.17, 15) is 14.7 Å². The van der Waals surface area contributed by atoms with E-state index >= 15 is 0 Å². The summed E-state index contributed by atoms with van der Waals surface area (Å²) in [4.78, 5) is 27.8. The highest BCUT2D eigenvalue weighted by atomic mass is 16.5. The summed E-state index contributed by atoms with van der Waals surface area (Å²) in [6.45, 7) is 6.75. The molecule has 0 saturated carbocycles.